The molecule has 0 aromatic heterocycles. The number of hydrogen-bond donors (Lipinski definition) is 3. The normalized spacial score (nSPS) is 22.6. The lowest BCUT2D eigenvalue weighted by Gasteiger charge is -2.35. The van der Waals surface area contributed by atoms with Crippen molar-refractivity contribution in [2.24, 2.45) is 17.8 Å². The first kappa shape index (κ1) is 27.2. The minimum atomic E-state index is -0.905. The molecule has 1 aliphatic heterocycles. The van der Waals surface area contributed by atoms with E-state index in [9.17, 15) is 35.0 Å². The van der Waals surface area contributed by atoms with Gasteiger partial charge in [-0.2, -0.15) is 0 Å². The second kappa shape index (κ2) is 11.3. The average molecular weight is 521 g/mol. The average Bonchev–Trinajstić information content (AvgIpc) is 3.15. The Bertz CT molecular complexity index is 1300. The lowest BCUT2D eigenvalue weighted by atomic mass is 9.68. The Morgan fingerprint density at radius 1 is 1.18 bits per heavy atom. The first-order valence-corrected chi connectivity index (χ1v) is 12.7. The summed E-state index contributed by atoms with van der Waals surface area (Å²) in [5.41, 5.74) is 3.32. The second-order valence-electron chi connectivity index (χ2n) is 9.95. The van der Waals surface area contributed by atoms with E-state index in [4.69, 9.17) is 0 Å². The molecule has 2 aromatic carbocycles. The number of benzene rings is 2. The highest BCUT2D eigenvalue weighted by atomic mass is 16.6. The summed E-state index contributed by atoms with van der Waals surface area (Å²) in [6.45, 7) is 3.44. The second-order valence-corrected chi connectivity index (χ2v) is 9.95. The molecular weight excluding hydrogens is 488 g/mol. The summed E-state index contributed by atoms with van der Waals surface area (Å²) in [6.07, 6.45) is 3.13. The predicted molar refractivity (Wildman–Crippen MR) is 142 cm³/mol. The van der Waals surface area contributed by atoms with Crippen LogP contribution in [0.4, 0.5) is 11.4 Å². The number of phenols is 1. The number of hydrogen-bond acceptors (Lipinski definition) is 7. The van der Waals surface area contributed by atoms with Gasteiger partial charge in [0.2, 0.25) is 11.8 Å². The molecule has 4 rings (SSSR count). The molecule has 2 aromatic rings. The number of nitro groups is 1. The van der Waals surface area contributed by atoms with Gasteiger partial charge >= 0.3 is 0 Å². The van der Waals surface area contributed by atoms with Gasteiger partial charge in [0.05, 0.1) is 35.2 Å². The molecule has 2 aliphatic rings. The molecule has 9 heteroatoms. The maximum atomic E-state index is 13.5. The van der Waals surface area contributed by atoms with E-state index < -0.39 is 47.2 Å². The molecule has 9 nitrogen and oxygen atoms in total. The molecule has 1 fully saturated rings. The first-order valence-electron chi connectivity index (χ1n) is 12.7. The van der Waals surface area contributed by atoms with Gasteiger partial charge in [0.15, 0.2) is 0 Å². The smallest absolute Gasteiger partial charge is 0.271 e. The summed E-state index contributed by atoms with van der Waals surface area (Å²) in [5.74, 6) is -3.05. The molecule has 1 aliphatic carbocycles. The number of nitrogens with zero attached hydrogens (tertiary/aromatic N) is 2. The number of carbonyl (C=O) groups is 2. The van der Waals surface area contributed by atoms with Crippen LogP contribution in [-0.4, -0.2) is 44.8 Å². The number of fused-ring (bicyclic) bond motifs is 1. The van der Waals surface area contributed by atoms with Gasteiger partial charge in [0.1, 0.15) is 5.75 Å². The Balaban J connectivity index is 1.55. The summed E-state index contributed by atoms with van der Waals surface area (Å²) < 4.78 is 0. The molecule has 0 spiro atoms. The van der Waals surface area contributed by atoms with Crippen LogP contribution in [0.15, 0.2) is 65.3 Å². The van der Waals surface area contributed by atoms with Gasteiger partial charge in [-0.25, -0.2) is 4.90 Å². The zero-order valence-electron chi connectivity index (χ0n) is 21.4. The highest BCUT2D eigenvalue weighted by molar-refractivity contribution is 6.22. The van der Waals surface area contributed by atoms with Crippen LogP contribution in [0.3, 0.4) is 0 Å². The van der Waals surface area contributed by atoms with Crippen molar-refractivity contribution in [3.8, 4) is 5.75 Å². The molecule has 1 heterocycles. The number of aliphatic hydroxyl groups excluding tert-OH is 2. The number of aliphatic hydroxyl groups is 2. The van der Waals surface area contributed by atoms with Gasteiger partial charge < -0.3 is 15.3 Å². The quantitative estimate of drug-likeness (QED) is 0.193. The van der Waals surface area contributed by atoms with E-state index in [0.717, 1.165) is 28.0 Å². The monoisotopic (exact) mass is 520 g/mol. The van der Waals surface area contributed by atoms with Gasteiger partial charge in [0, 0.05) is 18.1 Å². The zero-order chi connectivity index (χ0) is 27.6. The van der Waals surface area contributed by atoms with Crippen LogP contribution in [0, 0.1) is 27.9 Å². The number of nitro benzene ring substituents is 1. The Labute approximate surface area is 220 Å². The van der Waals surface area contributed by atoms with Crippen LogP contribution in [-0.2, 0) is 9.59 Å². The van der Waals surface area contributed by atoms with Crippen molar-refractivity contribution in [3.63, 3.8) is 0 Å². The van der Waals surface area contributed by atoms with E-state index in [1.165, 1.54) is 24.3 Å². The van der Waals surface area contributed by atoms with Crippen LogP contribution in [0.2, 0.25) is 0 Å². The molecule has 0 bridgehead atoms. The summed E-state index contributed by atoms with van der Waals surface area (Å²) in [7, 11) is 0. The number of amides is 2. The molecular formula is C29H32N2O7. The number of anilines is 1. The van der Waals surface area contributed by atoms with Crippen molar-refractivity contribution in [2.45, 2.75) is 45.6 Å². The molecule has 38 heavy (non-hydrogen) atoms. The van der Waals surface area contributed by atoms with Crippen LogP contribution in [0.5, 0.6) is 5.75 Å². The first-order chi connectivity index (χ1) is 18.2. The van der Waals surface area contributed by atoms with E-state index in [2.05, 4.69) is 0 Å². The highest BCUT2D eigenvalue weighted by Gasteiger charge is 2.55. The Hall–Kier alpha value is -3.82. The zero-order valence-corrected chi connectivity index (χ0v) is 21.4. The summed E-state index contributed by atoms with van der Waals surface area (Å²) in [5, 5.41) is 42.3. The summed E-state index contributed by atoms with van der Waals surface area (Å²) in [6, 6.07) is 12.3. The molecule has 4 atom stereocenters. The molecule has 0 saturated carbocycles. The van der Waals surface area contributed by atoms with Crippen molar-refractivity contribution >= 4 is 29.3 Å². The SMILES string of the molecule is CC/C(=C\c1ccc(O)cc1)CC[C@@H](O)C1=C(C)C[C@H]2C(=O)N(c3cccc([N+](=O)[O-])c3)C(=O)[C@H]2[C@H]1CO. The number of rotatable bonds is 9. The fourth-order valence-corrected chi connectivity index (χ4v) is 5.75. The number of allylic oxidation sites excluding steroid dienone is 2. The van der Waals surface area contributed by atoms with Crippen LogP contribution in [0.1, 0.15) is 45.1 Å². The van der Waals surface area contributed by atoms with Gasteiger partial charge in [0.25, 0.3) is 5.69 Å². The van der Waals surface area contributed by atoms with Gasteiger partial charge in [-0.3, -0.25) is 19.7 Å². The predicted octanol–water partition coefficient (Wildman–Crippen LogP) is 4.37. The Kier molecular flexibility index (Phi) is 8.08. The van der Waals surface area contributed by atoms with E-state index in [1.807, 2.05) is 32.1 Å². The standard InChI is InChI=1S/C29H32N2O7/c1-3-18(14-19-7-10-22(33)11-8-19)9-12-25(34)26-17(2)13-23-27(24(26)16-32)29(36)30(28(23)35)20-5-4-6-21(15-20)31(37)38/h4-8,10-11,14-15,23-25,27,32-34H,3,9,12-13,16H2,1-2H3/b18-14+/t23-,24+,25-,27-/m1/s1. The third-order valence-corrected chi connectivity index (χ3v) is 7.64. The number of phenolic OH excluding ortho intramolecular Hbond substituents is 1. The molecule has 0 unspecified atom stereocenters. The molecule has 3 N–H and O–H groups in total. The van der Waals surface area contributed by atoms with Crippen LogP contribution in [0.25, 0.3) is 6.08 Å². The van der Waals surface area contributed by atoms with Crippen molar-refractivity contribution < 1.29 is 29.8 Å². The number of imide groups is 1. The molecule has 200 valence electrons. The number of carbonyl (C=O) groups excluding carboxylic acids is 2. The number of non-ortho nitro benzene ring substituents is 1. The fraction of sp³-hybridized carbons (Fsp3) is 0.379. The lowest BCUT2D eigenvalue weighted by molar-refractivity contribution is -0.384. The van der Waals surface area contributed by atoms with Crippen molar-refractivity contribution in [1.82, 2.24) is 0 Å². The molecule has 0 radical (unpaired) electrons. The van der Waals surface area contributed by atoms with Crippen LogP contribution < -0.4 is 4.90 Å². The van der Waals surface area contributed by atoms with Gasteiger partial charge in [-0.05, 0) is 61.9 Å². The summed E-state index contributed by atoms with van der Waals surface area (Å²) >= 11 is 0. The maximum Gasteiger partial charge on any atom is 0.271 e. The topological polar surface area (TPSA) is 141 Å². The third-order valence-electron chi connectivity index (χ3n) is 7.64. The van der Waals surface area contributed by atoms with Gasteiger partial charge in [-0.15, -0.1) is 0 Å². The van der Waals surface area contributed by atoms with Crippen molar-refractivity contribution in [1.29, 1.82) is 0 Å². The number of aromatic hydroxyl groups is 1. The Morgan fingerprint density at radius 3 is 2.53 bits per heavy atom. The van der Waals surface area contributed by atoms with E-state index >= 15 is 0 Å². The minimum absolute atomic E-state index is 0.131. The van der Waals surface area contributed by atoms with Crippen LogP contribution >= 0.6 is 0 Å². The van der Waals surface area contributed by atoms with Gasteiger partial charge in [-0.1, -0.05) is 42.3 Å². The minimum Gasteiger partial charge on any atom is -0.508 e. The Morgan fingerprint density at radius 2 is 1.89 bits per heavy atom. The third kappa shape index (κ3) is 5.25. The maximum absolute atomic E-state index is 13.5. The van der Waals surface area contributed by atoms with Crippen molar-refractivity contribution in [2.75, 3.05) is 11.5 Å². The lowest BCUT2D eigenvalue weighted by Crippen LogP contribution is -2.38. The fourth-order valence-electron chi connectivity index (χ4n) is 5.75. The molecule has 1 saturated heterocycles. The highest BCUT2D eigenvalue weighted by Crippen LogP contribution is 2.47. The van der Waals surface area contributed by atoms with E-state index in [-0.39, 0.29) is 23.5 Å². The summed E-state index contributed by atoms with van der Waals surface area (Å²) in [4.78, 5) is 38.4. The molecule has 2 amide bonds. The van der Waals surface area contributed by atoms with E-state index in [0.29, 0.717) is 18.4 Å². The van der Waals surface area contributed by atoms with Crippen molar-refractivity contribution in [3.05, 3.63) is 80.9 Å². The largest absolute Gasteiger partial charge is 0.508 e. The van der Waals surface area contributed by atoms with E-state index in [1.54, 1.807) is 12.1 Å².